The Morgan fingerprint density at radius 3 is 2.41 bits per heavy atom. The van der Waals surface area contributed by atoms with Gasteiger partial charge in [-0.25, -0.2) is 0 Å². The summed E-state index contributed by atoms with van der Waals surface area (Å²) in [5.41, 5.74) is 1.27. The smallest absolute Gasteiger partial charge is 0.0462 e. The van der Waals surface area contributed by atoms with Gasteiger partial charge in [0.15, 0.2) is 0 Å². The number of unbranched alkanes of at least 4 members (excludes halogenated alkanes) is 3. The fraction of sp³-hybridized carbons (Fsp3) is 0.600. The molecule has 0 radical (unpaired) electrons. The number of rotatable bonds is 8. The summed E-state index contributed by atoms with van der Waals surface area (Å²) in [5, 5.41) is 10.1. The molecule has 0 saturated carbocycles. The second-order valence-electron chi connectivity index (χ2n) is 4.73. The average Bonchev–Trinajstić information content (AvgIpc) is 2.35. The molecule has 0 fully saturated rings. The molecule has 1 aromatic rings. The lowest BCUT2D eigenvalue weighted by atomic mass is 9.94. The van der Waals surface area contributed by atoms with Crippen LogP contribution in [0.1, 0.15) is 44.6 Å². The van der Waals surface area contributed by atoms with Crippen LogP contribution in [-0.2, 0) is 6.42 Å². The quantitative estimate of drug-likeness (QED) is 0.679. The first kappa shape index (κ1) is 14.5. The van der Waals surface area contributed by atoms with Crippen molar-refractivity contribution < 1.29 is 5.11 Å². The topological polar surface area (TPSA) is 20.2 Å². The second-order valence-corrected chi connectivity index (χ2v) is 5.16. The third kappa shape index (κ3) is 6.09. The summed E-state index contributed by atoms with van der Waals surface area (Å²) >= 11 is 5.85. The maximum absolute atomic E-state index is 9.37. The normalized spacial score (nSPS) is 12.6. The number of benzene rings is 1. The molecule has 1 nitrogen and oxygen atoms in total. The minimum absolute atomic E-state index is 0.286. The average molecular weight is 255 g/mol. The molecule has 96 valence electrons. The van der Waals surface area contributed by atoms with Crippen LogP contribution in [0, 0.1) is 5.92 Å². The molecule has 1 rings (SSSR count). The SMILES string of the molecule is CCCCCCC(CO)Cc1ccc(Cl)cc1. The molecule has 1 atom stereocenters. The molecule has 1 N–H and O–H groups in total. The Kier molecular flexibility index (Phi) is 7.30. The zero-order chi connectivity index (χ0) is 12.5. The Morgan fingerprint density at radius 1 is 1.12 bits per heavy atom. The van der Waals surface area contributed by atoms with Gasteiger partial charge in [-0.15, -0.1) is 0 Å². The Hall–Kier alpha value is -0.530. The lowest BCUT2D eigenvalue weighted by molar-refractivity contribution is 0.214. The van der Waals surface area contributed by atoms with Crippen molar-refractivity contribution in [1.29, 1.82) is 0 Å². The number of aliphatic hydroxyl groups excluding tert-OH is 1. The largest absolute Gasteiger partial charge is 0.396 e. The van der Waals surface area contributed by atoms with Crippen LogP contribution in [-0.4, -0.2) is 11.7 Å². The molecule has 0 spiro atoms. The molecule has 17 heavy (non-hydrogen) atoms. The minimum atomic E-state index is 0.286. The van der Waals surface area contributed by atoms with Crippen molar-refractivity contribution in [1.82, 2.24) is 0 Å². The monoisotopic (exact) mass is 254 g/mol. The van der Waals surface area contributed by atoms with E-state index >= 15 is 0 Å². The van der Waals surface area contributed by atoms with E-state index in [9.17, 15) is 5.11 Å². The van der Waals surface area contributed by atoms with Crippen molar-refractivity contribution in [3.8, 4) is 0 Å². The molecule has 0 aliphatic rings. The predicted molar refractivity (Wildman–Crippen MR) is 74.5 cm³/mol. The third-order valence-corrected chi connectivity index (χ3v) is 3.41. The van der Waals surface area contributed by atoms with E-state index in [1.54, 1.807) is 0 Å². The van der Waals surface area contributed by atoms with Crippen LogP contribution in [0.4, 0.5) is 0 Å². The molecule has 0 aliphatic carbocycles. The van der Waals surface area contributed by atoms with Crippen LogP contribution < -0.4 is 0 Å². The summed E-state index contributed by atoms with van der Waals surface area (Å²) < 4.78 is 0. The first-order chi connectivity index (χ1) is 8.26. The summed E-state index contributed by atoms with van der Waals surface area (Å²) in [6, 6.07) is 7.94. The van der Waals surface area contributed by atoms with E-state index in [1.807, 2.05) is 12.1 Å². The van der Waals surface area contributed by atoms with Crippen molar-refractivity contribution in [2.45, 2.75) is 45.4 Å². The summed E-state index contributed by atoms with van der Waals surface area (Å²) in [6.07, 6.45) is 7.17. The van der Waals surface area contributed by atoms with E-state index in [4.69, 9.17) is 11.6 Å². The molecule has 1 unspecified atom stereocenters. The second kappa shape index (κ2) is 8.54. The van der Waals surface area contributed by atoms with Crippen LogP contribution in [0.2, 0.25) is 5.02 Å². The molecule has 1 aromatic carbocycles. The fourth-order valence-corrected chi connectivity index (χ4v) is 2.20. The molecular formula is C15H23ClO. The maximum atomic E-state index is 9.37. The Bertz CT molecular complexity index is 294. The van der Waals surface area contributed by atoms with Crippen LogP contribution in [0.5, 0.6) is 0 Å². The lowest BCUT2D eigenvalue weighted by Crippen LogP contribution is -2.09. The van der Waals surface area contributed by atoms with E-state index in [0.717, 1.165) is 17.9 Å². The first-order valence-electron chi connectivity index (χ1n) is 6.61. The van der Waals surface area contributed by atoms with E-state index in [0.29, 0.717) is 5.92 Å². The van der Waals surface area contributed by atoms with Gasteiger partial charge in [0.05, 0.1) is 0 Å². The highest BCUT2D eigenvalue weighted by molar-refractivity contribution is 6.30. The molecule has 0 aliphatic heterocycles. The molecule has 0 bridgehead atoms. The number of hydrogen-bond acceptors (Lipinski definition) is 1. The van der Waals surface area contributed by atoms with Crippen LogP contribution in [0.3, 0.4) is 0 Å². The Morgan fingerprint density at radius 2 is 1.82 bits per heavy atom. The van der Waals surface area contributed by atoms with E-state index in [-0.39, 0.29) is 6.61 Å². The number of hydrogen-bond donors (Lipinski definition) is 1. The maximum Gasteiger partial charge on any atom is 0.0462 e. The molecule has 0 heterocycles. The zero-order valence-electron chi connectivity index (χ0n) is 10.7. The van der Waals surface area contributed by atoms with Crippen LogP contribution in [0.25, 0.3) is 0 Å². The van der Waals surface area contributed by atoms with Gasteiger partial charge in [-0.2, -0.15) is 0 Å². The van der Waals surface area contributed by atoms with E-state index in [2.05, 4.69) is 19.1 Å². The molecular weight excluding hydrogens is 232 g/mol. The Labute approximate surface area is 110 Å². The van der Waals surface area contributed by atoms with Gasteiger partial charge < -0.3 is 5.11 Å². The highest BCUT2D eigenvalue weighted by atomic mass is 35.5. The van der Waals surface area contributed by atoms with Gasteiger partial charge in [0.1, 0.15) is 0 Å². The molecule has 0 amide bonds. The third-order valence-electron chi connectivity index (χ3n) is 3.16. The van der Waals surface area contributed by atoms with Crippen LogP contribution in [0.15, 0.2) is 24.3 Å². The highest BCUT2D eigenvalue weighted by Crippen LogP contribution is 2.17. The molecule has 0 aromatic heterocycles. The highest BCUT2D eigenvalue weighted by Gasteiger charge is 2.08. The number of halogens is 1. The fourth-order valence-electron chi connectivity index (χ4n) is 2.07. The van der Waals surface area contributed by atoms with Gasteiger partial charge in [-0.3, -0.25) is 0 Å². The van der Waals surface area contributed by atoms with Crippen molar-refractivity contribution in [3.63, 3.8) is 0 Å². The predicted octanol–water partition coefficient (Wildman–Crippen LogP) is 4.46. The van der Waals surface area contributed by atoms with E-state index < -0.39 is 0 Å². The lowest BCUT2D eigenvalue weighted by Gasteiger charge is -2.14. The van der Waals surface area contributed by atoms with Crippen molar-refractivity contribution in [3.05, 3.63) is 34.9 Å². The van der Waals surface area contributed by atoms with Gasteiger partial charge >= 0.3 is 0 Å². The summed E-state index contributed by atoms with van der Waals surface area (Å²) in [4.78, 5) is 0. The Balaban J connectivity index is 2.33. The van der Waals surface area contributed by atoms with Crippen molar-refractivity contribution >= 4 is 11.6 Å². The van der Waals surface area contributed by atoms with Gasteiger partial charge in [0, 0.05) is 11.6 Å². The summed E-state index contributed by atoms with van der Waals surface area (Å²) in [6.45, 7) is 2.51. The van der Waals surface area contributed by atoms with Gasteiger partial charge in [0.2, 0.25) is 0 Å². The van der Waals surface area contributed by atoms with Crippen molar-refractivity contribution in [2.24, 2.45) is 5.92 Å². The van der Waals surface area contributed by atoms with Crippen molar-refractivity contribution in [2.75, 3.05) is 6.61 Å². The summed E-state index contributed by atoms with van der Waals surface area (Å²) in [7, 11) is 0. The van der Waals surface area contributed by atoms with Crippen LogP contribution >= 0.6 is 11.6 Å². The minimum Gasteiger partial charge on any atom is -0.396 e. The van der Waals surface area contributed by atoms with E-state index in [1.165, 1.54) is 31.2 Å². The standard InChI is InChI=1S/C15H23ClO/c1-2-3-4-5-6-14(12-17)11-13-7-9-15(16)10-8-13/h7-10,14,17H,2-6,11-12H2,1H3. The number of aliphatic hydroxyl groups is 1. The summed E-state index contributed by atoms with van der Waals surface area (Å²) in [5.74, 6) is 0.396. The first-order valence-corrected chi connectivity index (χ1v) is 6.99. The zero-order valence-corrected chi connectivity index (χ0v) is 11.4. The van der Waals surface area contributed by atoms with Gasteiger partial charge in [0.25, 0.3) is 0 Å². The molecule has 2 heteroatoms. The van der Waals surface area contributed by atoms with Gasteiger partial charge in [-0.1, -0.05) is 56.3 Å². The molecule has 0 saturated heterocycles. The van der Waals surface area contributed by atoms with Gasteiger partial charge in [-0.05, 0) is 36.5 Å².